The Bertz CT molecular complexity index is 416. The molecule has 19 heavy (non-hydrogen) atoms. The summed E-state index contributed by atoms with van der Waals surface area (Å²) in [4.78, 5) is 12.1. The molecule has 0 bridgehead atoms. The van der Waals surface area contributed by atoms with E-state index in [1.165, 1.54) is 5.56 Å². The maximum Gasteiger partial charge on any atom is 0.227 e. The zero-order valence-corrected chi connectivity index (χ0v) is 13.4. The van der Waals surface area contributed by atoms with E-state index in [1.54, 1.807) is 0 Å². The molecule has 5 heteroatoms. The molecule has 1 amide bonds. The molecule has 1 heterocycles. The van der Waals surface area contributed by atoms with Crippen molar-refractivity contribution >= 4 is 34.2 Å². The third-order valence-corrected chi connectivity index (χ3v) is 4.06. The quantitative estimate of drug-likeness (QED) is 0.879. The van der Waals surface area contributed by atoms with Gasteiger partial charge in [-0.05, 0) is 44.0 Å². The fourth-order valence-electron chi connectivity index (χ4n) is 2.20. The number of carbonyl (C=O) groups is 1. The normalized spacial score (nSPS) is 21.8. The first kappa shape index (κ1) is 16.5. The largest absolute Gasteiger partial charge is 0.355 e. The van der Waals surface area contributed by atoms with Crippen molar-refractivity contribution in [3.05, 3.63) is 34.3 Å². The van der Waals surface area contributed by atoms with Crippen molar-refractivity contribution in [3.8, 4) is 0 Å². The monoisotopic (exact) mass is 346 g/mol. The molecule has 1 aromatic carbocycles. The van der Waals surface area contributed by atoms with Gasteiger partial charge in [0, 0.05) is 17.6 Å². The number of rotatable bonds is 4. The van der Waals surface area contributed by atoms with Crippen molar-refractivity contribution in [2.24, 2.45) is 5.41 Å². The average Bonchev–Trinajstić information content (AvgIpc) is 2.80. The van der Waals surface area contributed by atoms with Crippen LogP contribution in [0.3, 0.4) is 0 Å². The first-order valence-corrected chi connectivity index (χ1v) is 7.13. The highest BCUT2D eigenvalue weighted by Crippen LogP contribution is 2.24. The van der Waals surface area contributed by atoms with Gasteiger partial charge in [-0.3, -0.25) is 4.79 Å². The van der Waals surface area contributed by atoms with Crippen LogP contribution < -0.4 is 10.6 Å². The Balaban J connectivity index is 0.00000180. The molecule has 1 unspecified atom stereocenters. The average molecular weight is 348 g/mol. The molecule has 0 aliphatic carbocycles. The van der Waals surface area contributed by atoms with Crippen molar-refractivity contribution in [1.29, 1.82) is 0 Å². The summed E-state index contributed by atoms with van der Waals surface area (Å²) >= 11 is 3.41. The van der Waals surface area contributed by atoms with Crippen LogP contribution in [0.25, 0.3) is 0 Å². The van der Waals surface area contributed by atoms with Crippen molar-refractivity contribution in [1.82, 2.24) is 10.6 Å². The second kappa shape index (κ2) is 7.27. The number of carbonyl (C=O) groups excluding carboxylic acids is 1. The Morgan fingerprint density at radius 2 is 2.11 bits per heavy atom. The zero-order valence-electron chi connectivity index (χ0n) is 11.0. The minimum absolute atomic E-state index is 0. The number of halogens is 2. The third kappa shape index (κ3) is 4.48. The van der Waals surface area contributed by atoms with E-state index in [1.807, 2.05) is 19.1 Å². The molecular formula is C14H20BrClN2O. The summed E-state index contributed by atoms with van der Waals surface area (Å²) in [6, 6.07) is 8.21. The van der Waals surface area contributed by atoms with Gasteiger partial charge < -0.3 is 10.6 Å². The molecule has 1 atom stereocenters. The van der Waals surface area contributed by atoms with Crippen LogP contribution >= 0.6 is 28.3 Å². The Morgan fingerprint density at radius 1 is 1.42 bits per heavy atom. The molecule has 1 aromatic rings. The second-order valence-corrected chi connectivity index (χ2v) is 6.04. The number of hydrogen-bond acceptors (Lipinski definition) is 2. The van der Waals surface area contributed by atoms with Gasteiger partial charge >= 0.3 is 0 Å². The van der Waals surface area contributed by atoms with E-state index in [0.717, 1.165) is 30.4 Å². The molecule has 0 spiro atoms. The fraction of sp³-hybridized carbons (Fsp3) is 0.500. The van der Waals surface area contributed by atoms with Crippen molar-refractivity contribution in [2.75, 3.05) is 19.6 Å². The van der Waals surface area contributed by atoms with Crippen LogP contribution in [0.15, 0.2) is 28.7 Å². The Morgan fingerprint density at radius 3 is 2.68 bits per heavy atom. The highest BCUT2D eigenvalue weighted by molar-refractivity contribution is 9.10. The van der Waals surface area contributed by atoms with Gasteiger partial charge in [-0.25, -0.2) is 0 Å². The van der Waals surface area contributed by atoms with E-state index in [2.05, 4.69) is 38.7 Å². The van der Waals surface area contributed by atoms with Crippen molar-refractivity contribution in [2.45, 2.75) is 19.8 Å². The number of nitrogens with one attached hydrogen (secondary N) is 2. The maximum atomic E-state index is 12.1. The SMILES string of the molecule is CC1(C(=O)NCCc2ccc(Br)cc2)CCNC1.Cl. The van der Waals surface area contributed by atoms with Gasteiger partial charge in [-0.15, -0.1) is 12.4 Å². The van der Waals surface area contributed by atoms with Crippen LogP contribution in [-0.4, -0.2) is 25.5 Å². The van der Waals surface area contributed by atoms with Crippen LogP contribution in [-0.2, 0) is 11.2 Å². The number of benzene rings is 1. The highest BCUT2D eigenvalue weighted by Gasteiger charge is 2.35. The first-order chi connectivity index (χ1) is 8.60. The summed E-state index contributed by atoms with van der Waals surface area (Å²) in [5.41, 5.74) is 1.02. The van der Waals surface area contributed by atoms with Gasteiger partial charge in [0.2, 0.25) is 5.91 Å². The molecule has 2 N–H and O–H groups in total. The summed E-state index contributed by atoms with van der Waals surface area (Å²) in [5.74, 6) is 0.171. The highest BCUT2D eigenvalue weighted by atomic mass is 79.9. The molecule has 3 nitrogen and oxygen atoms in total. The van der Waals surface area contributed by atoms with E-state index in [-0.39, 0.29) is 23.7 Å². The molecule has 2 rings (SSSR count). The molecular weight excluding hydrogens is 328 g/mol. The fourth-order valence-corrected chi connectivity index (χ4v) is 2.46. The van der Waals surface area contributed by atoms with Crippen molar-refractivity contribution < 1.29 is 4.79 Å². The third-order valence-electron chi connectivity index (χ3n) is 3.53. The summed E-state index contributed by atoms with van der Waals surface area (Å²) in [6.45, 7) is 4.46. The van der Waals surface area contributed by atoms with Gasteiger partial charge in [-0.1, -0.05) is 28.1 Å². The summed E-state index contributed by atoms with van der Waals surface area (Å²) in [7, 11) is 0. The second-order valence-electron chi connectivity index (χ2n) is 5.12. The molecule has 1 aliphatic rings. The van der Waals surface area contributed by atoms with Gasteiger partial charge in [-0.2, -0.15) is 0 Å². The van der Waals surface area contributed by atoms with E-state index in [0.29, 0.717) is 6.54 Å². The van der Waals surface area contributed by atoms with Gasteiger partial charge in [0.1, 0.15) is 0 Å². The molecule has 0 aromatic heterocycles. The lowest BCUT2D eigenvalue weighted by molar-refractivity contribution is -0.129. The number of hydrogen-bond donors (Lipinski definition) is 2. The predicted molar refractivity (Wildman–Crippen MR) is 83.7 cm³/mol. The van der Waals surface area contributed by atoms with Gasteiger partial charge in [0.05, 0.1) is 5.41 Å². The van der Waals surface area contributed by atoms with Crippen molar-refractivity contribution in [3.63, 3.8) is 0 Å². The minimum atomic E-state index is -0.223. The lowest BCUT2D eigenvalue weighted by Crippen LogP contribution is -2.41. The molecule has 0 radical (unpaired) electrons. The van der Waals surface area contributed by atoms with E-state index < -0.39 is 0 Å². The Kier molecular flexibility index (Phi) is 6.30. The van der Waals surface area contributed by atoms with E-state index in [4.69, 9.17) is 0 Å². The molecule has 1 fully saturated rings. The smallest absolute Gasteiger partial charge is 0.227 e. The zero-order chi connectivity index (χ0) is 13.0. The first-order valence-electron chi connectivity index (χ1n) is 6.34. The van der Waals surface area contributed by atoms with Crippen LogP contribution in [0.5, 0.6) is 0 Å². The van der Waals surface area contributed by atoms with E-state index >= 15 is 0 Å². The van der Waals surface area contributed by atoms with Gasteiger partial charge in [0.15, 0.2) is 0 Å². The Labute approximate surface area is 129 Å². The maximum absolute atomic E-state index is 12.1. The van der Waals surface area contributed by atoms with Crippen LogP contribution in [0.4, 0.5) is 0 Å². The van der Waals surface area contributed by atoms with Crippen LogP contribution in [0, 0.1) is 5.41 Å². The number of amides is 1. The molecule has 1 saturated heterocycles. The standard InChI is InChI=1S/C14H19BrN2O.ClH/c1-14(7-9-16-10-14)13(18)17-8-6-11-2-4-12(15)5-3-11;/h2-5,16H,6-10H2,1H3,(H,17,18);1H. The van der Waals surface area contributed by atoms with E-state index in [9.17, 15) is 4.79 Å². The lowest BCUT2D eigenvalue weighted by Gasteiger charge is -2.21. The Hall–Kier alpha value is -0.580. The molecule has 106 valence electrons. The topological polar surface area (TPSA) is 41.1 Å². The predicted octanol–water partition coefficient (Wildman–Crippen LogP) is 2.53. The lowest BCUT2D eigenvalue weighted by atomic mass is 9.89. The molecule has 0 saturated carbocycles. The molecule has 1 aliphatic heterocycles. The summed E-state index contributed by atoms with van der Waals surface area (Å²) in [6.07, 6.45) is 1.81. The van der Waals surface area contributed by atoms with Crippen LogP contribution in [0.2, 0.25) is 0 Å². The minimum Gasteiger partial charge on any atom is -0.355 e. The van der Waals surface area contributed by atoms with Crippen LogP contribution in [0.1, 0.15) is 18.9 Å². The van der Waals surface area contributed by atoms with Gasteiger partial charge in [0.25, 0.3) is 0 Å². The summed E-state index contributed by atoms with van der Waals surface area (Å²) in [5, 5.41) is 6.28. The summed E-state index contributed by atoms with van der Waals surface area (Å²) < 4.78 is 1.08.